The van der Waals surface area contributed by atoms with E-state index in [0.29, 0.717) is 0 Å². The van der Waals surface area contributed by atoms with Gasteiger partial charge in [-0.25, -0.2) is 0 Å². The lowest BCUT2D eigenvalue weighted by Crippen LogP contribution is -1.93. The van der Waals surface area contributed by atoms with Crippen LogP contribution in [0.1, 0.15) is 11.3 Å². The maximum atomic E-state index is 4.59. The van der Waals surface area contributed by atoms with Crippen LogP contribution in [0.15, 0.2) is 30.3 Å². The Morgan fingerprint density at radius 2 is 1.86 bits per heavy atom. The summed E-state index contributed by atoms with van der Waals surface area (Å²) < 4.78 is 0. The number of fused-ring (bicyclic) bond motifs is 1. The minimum Gasteiger partial charge on any atom is -0.252 e. The molecule has 1 nitrogen and oxygen atoms in total. The highest BCUT2D eigenvalue weighted by molar-refractivity contribution is 9.09. The third kappa shape index (κ3) is 1.84. The molecule has 14 heavy (non-hydrogen) atoms. The van der Waals surface area contributed by atoms with Crippen molar-refractivity contribution in [2.75, 3.05) is 0 Å². The molecule has 3 heteroatoms. The van der Waals surface area contributed by atoms with Crippen molar-refractivity contribution in [2.45, 2.75) is 10.7 Å². The Morgan fingerprint density at radius 1 is 1.07 bits per heavy atom. The molecule has 0 unspecified atom stereocenters. The molecule has 2 rings (SSSR count). The molecule has 0 radical (unpaired) electrons. The second kappa shape index (κ2) is 4.41. The molecule has 0 spiro atoms. The molecule has 0 bridgehead atoms. The van der Waals surface area contributed by atoms with Crippen LogP contribution in [0, 0.1) is 0 Å². The average molecular weight is 315 g/mol. The molecule has 0 aliphatic rings. The van der Waals surface area contributed by atoms with E-state index in [9.17, 15) is 0 Å². The molecule has 2 aromatic rings. The zero-order chi connectivity index (χ0) is 9.97. The summed E-state index contributed by atoms with van der Waals surface area (Å²) in [6.45, 7) is 0. The van der Waals surface area contributed by atoms with E-state index in [1.165, 1.54) is 10.9 Å². The first-order valence-corrected chi connectivity index (χ1v) is 6.59. The summed E-state index contributed by atoms with van der Waals surface area (Å²) >= 11 is 6.93. The molecule has 0 saturated heterocycles. The summed E-state index contributed by atoms with van der Waals surface area (Å²) in [6.07, 6.45) is 0. The number of para-hydroxylation sites is 1. The molecular formula is C11H9Br2N. The van der Waals surface area contributed by atoms with Crippen molar-refractivity contribution in [1.29, 1.82) is 0 Å². The summed E-state index contributed by atoms with van der Waals surface area (Å²) in [4.78, 5) is 4.59. The number of halogens is 2. The lowest BCUT2D eigenvalue weighted by Gasteiger charge is -2.05. The van der Waals surface area contributed by atoms with E-state index >= 15 is 0 Å². The van der Waals surface area contributed by atoms with Crippen LogP contribution >= 0.6 is 31.9 Å². The van der Waals surface area contributed by atoms with Gasteiger partial charge in [0.05, 0.1) is 11.2 Å². The zero-order valence-corrected chi connectivity index (χ0v) is 10.7. The highest BCUT2D eigenvalue weighted by Crippen LogP contribution is 2.20. The molecule has 0 atom stereocenters. The molecule has 0 aliphatic carbocycles. The van der Waals surface area contributed by atoms with Crippen molar-refractivity contribution in [3.63, 3.8) is 0 Å². The van der Waals surface area contributed by atoms with E-state index < -0.39 is 0 Å². The molecule has 1 aromatic heterocycles. The summed E-state index contributed by atoms with van der Waals surface area (Å²) in [5.41, 5.74) is 3.42. The molecule has 0 N–H and O–H groups in total. The van der Waals surface area contributed by atoms with E-state index in [1.807, 2.05) is 18.2 Å². The smallest absolute Gasteiger partial charge is 0.0705 e. The zero-order valence-electron chi connectivity index (χ0n) is 7.50. The molecule has 0 saturated carbocycles. The summed E-state index contributed by atoms with van der Waals surface area (Å²) in [6, 6.07) is 10.4. The van der Waals surface area contributed by atoms with Crippen molar-refractivity contribution in [3.8, 4) is 0 Å². The lowest BCUT2D eigenvalue weighted by molar-refractivity contribution is 1.17. The maximum Gasteiger partial charge on any atom is 0.0705 e. The fourth-order valence-electron chi connectivity index (χ4n) is 1.43. The number of hydrogen-bond acceptors (Lipinski definition) is 1. The Labute approximate surface area is 99.8 Å². The predicted molar refractivity (Wildman–Crippen MR) is 67.0 cm³/mol. The molecule has 0 fully saturated rings. The number of benzene rings is 1. The first-order valence-electron chi connectivity index (χ1n) is 4.34. The summed E-state index contributed by atoms with van der Waals surface area (Å²) in [5, 5.41) is 2.86. The SMILES string of the molecule is BrCc1cc2ccccc2nc1CBr. The molecule has 1 aromatic carbocycles. The Morgan fingerprint density at radius 3 is 2.57 bits per heavy atom. The highest BCUT2D eigenvalue weighted by atomic mass is 79.9. The van der Waals surface area contributed by atoms with E-state index in [1.54, 1.807) is 0 Å². The van der Waals surface area contributed by atoms with Gasteiger partial charge in [-0.1, -0.05) is 50.1 Å². The van der Waals surface area contributed by atoms with E-state index in [4.69, 9.17) is 0 Å². The van der Waals surface area contributed by atoms with Crippen LogP contribution in [-0.2, 0) is 10.7 Å². The van der Waals surface area contributed by atoms with Crippen molar-refractivity contribution < 1.29 is 0 Å². The topological polar surface area (TPSA) is 12.9 Å². The fraction of sp³-hybridized carbons (Fsp3) is 0.182. The van der Waals surface area contributed by atoms with Crippen LogP contribution in [0.3, 0.4) is 0 Å². The van der Waals surface area contributed by atoms with Gasteiger partial charge in [0, 0.05) is 16.0 Å². The first kappa shape index (κ1) is 10.1. The van der Waals surface area contributed by atoms with Gasteiger partial charge in [0.25, 0.3) is 0 Å². The normalized spacial score (nSPS) is 10.7. The molecule has 0 amide bonds. The Bertz CT molecular complexity index is 411. The van der Waals surface area contributed by atoms with Crippen molar-refractivity contribution >= 4 is 42.8 Å². The number of pyridine rings is 1. The molecule has 72 valence electrons. The number of rotatable bonds is 2. The Hall–Kier alpha value is -0.410. The third-order valence-electron chi connectivity index (χ3n) is 2.16. The van der Waals surface area contributed by atoms with Crippen LogP contribution in [0.5, 0.6) is 0 Å². The van der Waals surface area contributed by atoms with Crippen LogP contribution in [0.2, 0.25) is 0 Å². The summed E-state index contributed by atoms with van der Waals surface area (Å²) in [7, 11) is 0. The van der Waals surface area contributed by atoms with Crippen molar-refractivity contribution in [3.05, 3.63) is 41.6 Å². The quantitative estimate of drug-likeness (QED) is 0.763. The molecular weight excluding hydrogens is 306 g/mol. The fourth-order valence-corrected chi connectivity index (χ4v) is 2.40. The van der Waals surface area contributed by atoms with E-state index in [2.05, 4.69) is 49.0 Å². The largest absolute Gasteiger partial charge is 0.252 e. The first-order chi connectivity index (χ1) is 6.85. The van der Waals surface area contributed by atoms with Crippen molar-refractivity contribution in [2.24, 2.45) is 0 Å². The van der Waals surface area contributed by atoms with Crippen molar-refractivity contribution in [1.82, 2.24) is 4.98 Å². The molecule has 1 heterocycles. The Balaban J connectivity index is 2.69. The number of hydrogen-bond donors (Lipinski definition) is 0. The van der Waals surface area contributed by atoms with Gasteiger partial charge in [-0.05, 0) is 17.7 Å². The standard InChI is InChI=1S/C11H9Br2N/c12-6-9-5-8-3-1-2-4-10(8)14-11(9)7-13/h1-5H,6-7H2. The van der Waals surface area contributed by atoms with E-state index in [0.717, 1.165) is 21.9 Å². The number of aromatic nitrogens is 1. The monoisotopic (exact) mass is 313 g/mol. The minimum atomic E-state index is 0.804. The van der Waals surface area contributed by atoms with Gasteiger partial charge in [0.2, 0.25) is 0 Å². The molecule has 0 aliphatic heterocycles. The number of alkyl halides is 2. The second-order valence-electron chi connectivity index (χ2n) is 3.05. The lowest BCUT2D eigenvalue weighted by atomic mass is 10.1. The second-order valence-corrected chi connectivity index (χ2v) is 4.18. The van der Waals surface area contributed by atoms with Gasteiger partial charge in [-0.2, -0.15) is 0 Å². The van der Waals surface area contributed by atoms with Crippen LogP contribution < -0.4 is 0 Å². The van der Waals surface area contributed by atoms with Crippen LogP contribution in [0.4, 0.5) is 0 Å². The van der Waals surface area contributed by atoms with Crippen LogP contribution in [-0.4, -0.2) is 4.98 Å². The van der Waals surface area contributed by atoms with Crippen LogP contribution in [0.25, 0.3) is 10.9 Å². The van der Waals surface area contributed by atoms with Gasteiger partial charge in [0.1, 0.15) is 0 Å². The van der Waals surface area contributed by atoms with Gasteiger partial charge in [0.15, 0.2) is 0 Å². The van der Waals surface area contributed by atoms with Gasteiger partial charge in [-0.3, -0.25) is 4.98 Å². The summed E-state index contributed by atoms with van der Waals surface area (Å²) in [5.74, 6) is 0. The van der Waals surface area contributed by atoms with Gasteiger partial charge < -0.3 is 0 Å². The van der Waals surface area contributed by atoms with Gasteiger partial charge in [-0.15, -0.1) is 0 Å². The van der Waals surface area contributed by atoms with Gasteiger partial charge >= 0.3 is 0 Å². The minimum absolute atomic E-state index is 0.804. The highest BCUT2D eigenvalue weighted by Gasteiger charge is 2.03. The maximum absolute atomic E-state index is 4.59. The number of nitrogens with zero attached hydrogens (tertiary/aromatic N) is 1. The van der Waals surface area contributed by atoms with E-state index in [-0.39, 0.29) is 0 Å². The predicted octanol–water partition coefficient (Wildman–Crippen LogP) is 4.02. The third-order valence-corrected chi connectivity index (χ3v) is 3.30. The Kier molecular flexibility index (Phi) is 3.19. The average Bonchev–Trinajstić information content (AvgIpc) is 2.27.